The number of aromatic hydroxyl groups is 2. The fraction of sp³-hybridized carbons (Fsp3) is 0.105. The lowest BCUT2D eigenvalue weighted by atomic mass is 10.1. The third kappa shape index (κ3) is 7.93. The van der Waals surface area contributed by atoms with Crippen molar-refractivity contribution in [3.63, 3.8) is 0 Å². The van der Waals surface area contributed by atoms with Crippen molar-refractivity contribution in [2.45, 2.75) is 21.3 Å². The Morgan fingerprint density at radius 2 is 1.17 bits per heavy atom. The fourth-order valence-corrected chi connectivity index (χ4v) is 7.89. The van der Waals surface area contributed by atoms with Crippen LogP contribution in [-0.4, -0.2) is 45.6 Å². The molecular weight excluding hydrogens is 786 g/mol. The number of H-pyrrole nitrogens is 1. The minimum atomic E-state index is -0.686. The molecule has 14 heteroatoms. The van der Waals surface area contributed by atoms with Gasteiger partial charge in [-0.05, 0) is 71.8 Å². The number of ketones is 2. The standard InChI is InChI=1S/C38H28Cl4N2O6S2/c1-49-22-7-3-20(4-8-22)18-51-24-11-13-26(29(45)15-24)36(47)33-34(32(41)38(42)43-33)44-17-28(39)31(40)35(44)37(48)27-14-12-25(16-30(27)46)52-19-21-5-9-23(50-2)10-6-21/h3-17,43,45-46H,18-19H2,1-2H3. The molecule has 6 aromatic rings. The zero-order valence-electron chi connectivity index (χ0n) is 27.4. The summed E-state index contributed by atoms with van der Waals surface area (Å²) in [5, 5.41) is 21.6. The van der Waals surface area contributed by atoms with E-state index in [0.29, 0.717) is 11.5 Å². The van der Waals surface area contributed by atoms with Crippen LogP contribution in [0.1, 0.15) is 43.2 Å². The van der Waals surface area contributed by atoms with Gasteiger partial charge in [0.1, 0.15) is 44.6 Å². The number of thioether (sulfide) groups is 2. The second-order valence-corrected chi connectivity index (χ2v) is 14.9. The molecule has 0 bridgehead atoms. The molecule has 0 radical (unpaired) electrons. The number of nitrogens with one attached hydrogen (secondary N) is 1. The van der Waals surface area contributed by atoms with E-state index in [2.05, 4.69) is 4.98 Å². The van der Waals surface area contributed by atoms with Gasteiger partial charge in [0.05, 0.1) is 41.1 Å². The van der Waals surface area contributed by atoms with Gasteiger partial charge in [-0.1, -0.05) is 70.7 Å². The summed E-state index contributed by atoms with van der Waals surface area (Å²) in [6, 6.07) is 24.6. The topological polar surface area (TPSA) is 114 Å². The number of carbonyl (C=O) groups excluding carboxylic acids is 2. The van der Waals surface area contributed by atoms with Crippen LogP contribution in [0, 0.1) is 0 Å². The Kier molecular flexibility index (Phi) is 11.7. The highest BCUT2D eigenvalue weighted by Crippen LogP contribution is 2.41. The maximum Gasteiger partial charge on any atom is 0.215 e. The smallest absolute Gasteiger partial charge is 0.215 e. The number of phenols is 2. The van der Waals surface area contributed by atoms with Gasteiger partial charge >= 0.3 is 0 Å². The molecule has 0 aliphatic carbocycles. The van der Waals surface area contributed by atoms with Crippen molar-refractivity contribution in [1.29, 1.82) is 0 Å². The predicted octanol–water partition coefficient (Wildman–Crippen LogP) is 10.9. The Labute approximate surface area is 327 Å². The van der Waals surface area contributed by atoms with Crippen molar-refractivity contribution < 1.29 is 29.3 Å². The number of phenolic OH excluding ortho intramolecular Hbond substituents is 2. The molecule has 3 N–H and O–H groups in total. The first-order chi connectivity index (χ1) is 25.0. The van der Waals surface area contributed by atoms with Crippen LogP contribution < -0.4 is 9.47 Å². The van der Waals surface area contributed by atoms with Gasteiger partial charge in [-0.15, -0.1) is 23.5 Å². The average Bonchev–Trinajstić information content (AvgIpc) is 3.61. The highest BCUT2D eigenvalue weighted by molar-refractivity contribution is 7.98. The number of carbonyl (C=O) groups is 2. The van der Waals surface area contributed by atoms with Gasteiger partial charge in [0.25, 0.3) is 0 Å². The van der Waals surface area contributed by atoms with Crippen LogP contribution in [0.25, 0.3) is 5.69 Å². The number of rotatable bonds is 13. The molecule has 8 nitrogen and oxygen atoms in total. The Morgan fingerprint density at radius 3 is 1.63 bits per heavy atom. The zero-order chi connectivity index (χ0) is 37.1. The van der Waals surface area contributed by atoms with Gasteiger partial charge in [-0.3, -0.25) is 9.59 Å². The van der Waals surface area contributed by atoms with Crippen LogP contribution in [-0.2, 0) is 11.5 Å². The second-order valence-electron chi connectivity index (χ2n) is 11.3. The molecule has 0 aliphatic rings. The number of hydrogen-bond donors (Lipinski definition) is 3. The van der Waals surface area contributed by atoms with Crippen molar-refractivity contribution in [3.05, 3.63) is 145 Å². The predicted molar refractivity (Wildman–Crippen MR) is 208 cm³/mol. The number of benzene rings is 4. The summed E-state index contributed by atoms with van der Waals surface area (Å²) in [7, 11) is 3.21. The fourth-order valence-electron chi connectivity index (χ4n) is 5.29. The van der Waals surface area contributed by atoms with E-state index in [0.717, 1.165) is 32.4 Å². The van der Waals surface area contributed by atoms with Crippen LogP contribution >= 0.6 is 69.9 Å². The van der Waals surface area contributed by atoms with Gasteiger partial charge < -0.3 is 29.2 Å². The molecule has 0 fully saturated rings. The molecule has 0 spiro atoms. The normalized spacial score (nSPS) is 11.1. The number of halogens is 4. The molecule has 2 heterocycles. The summed E-state index contributed by atoms with van der Waals surface area (Å²) < 4.78 is 11.7. The van der Waals surface area contributed by atoms with Crippen LogP contribution in [0.5, 0.6) is 23.0 Å². The zero-order valence-corrected chi connectivity index (χ0v) is 32.0. The first kappa shape index (κ1) is 37.6. The number of aromatic nitrogens is 2. The largest absolute Gasteiger partial charge is 0.507 e. The summed E-state index contributed by atoms with van der Waals surface area (Å²) >= 11 is 29.0. The highest BCUT2D eigenvalue weighted by Gasteiger charge is 2.31. The quantitative estimate of drug-likeness (QED) is 0.0780. The molecule has 266 valence electrons. The molecule has 0 saturated heterocycles. The van der Waals surface area contributed by atoms with Gasteiger partial charge in [-0.25, -0.2) is 0 Å². The Bertz CT molecular complexity index is 2290. The van der Waals surface area contributed by atoms with Crippen molar-refractivity contribution in [2.24, 2.45) is 0 Å². The molecule has 0 aliphatic heterocycles. The van der Waals surface area contributed by atoms with E-state index in [4.69, 9.17) is 55.9 Å². The van der Waals surface area contributed by atoms with E-state index < -0.39 is 11.6 Å². The summed E-state index contributed by atoms with van der Waals surface area (Å²) in [5.41, 5.74) is 1.69. The Hall–Kier alpha value is -4.16. The third-order valence-corrected chi connectivity index (χ3v) is 11.7. The van der Waals surface area contributed by atoms with E-state index >= 15 is 0 Å². The van der Waals surface area contributed by atoms with E-state index in [1.807, 2.05) is 48.5 Å². The summed E-state index contributed by atoms with van der Waals surface area (Å²) in [5.74, 6) is 0.841. The molecule has 52 heavy (non-hydrogen) atoms. The van der Waals surface area contributed by atoms with Crippen LogP contribution in [0.4, 0.5) is 0 Å². The second kappa shape index (κ2) is 16.2. The number of hydrogen-bond acceptors (Lipinski definition) is 8. The van der Waals surface area contributed by atoms with E-state index in [1.165, 1.54) is 58.6 Å². The molecule has 0 amide bonds. The van der Waals surface area contributed by atoms with Crippen molar-refractivity contribution in [2.75, 3.05) is 14.2 Å². The van der Waals surface area contributed by atoms with Gasteiger partial charge in [-0.2, -0.15) is 0 Å². The van der Waals surface area contributed by atoms with Crippen molar-refractivity contribution >= 4 is 81.5 Å². The molecule has 2 aromatic heterocycles. The van der Waals surface area contributed by atoms with Crippen LogP contribution in [0.3, 0.4) is 0 Å². The first-order valence-corrected chi connectivity index (χ1v) is 18.9. The lowest BCUT2D eigenvalue weighted by Crippen LogP contribution is -2.13. The average molecular weight is 815 g/mol. The minimum Gasteiger partial charge on any atom is -0.507 e. The minimum absolute atomic E-state index is 0.0101. The van der Waals surface area contributed by atoms with Crippen LogP contribution in [0.15, 0.2) is 101 Å². The van der Waals surface area contributed by atoms with E-state index in [-0.39, 0.29) is 59.9 Å². The lowest BCUT2D eigenvalue weighted by Gasteiger charge is -2.13. The molecule has 0 atom stereocenters. The molecular formula is C38H28Cl4N2O6S2. The van der Waals surface area contributed by atoms with Gasteiger partial charge in [0.15, 0.2) is 0 Å². The lowest BCUT2D eigenvalue weighted by molar-refractivity contribution is 0.101. The Morgan fingerprint density at radius 1 is 0.692 bits per heavy atom. The summed E-state index contributed by atoms with van der Waals surface area (Å²) in [6.07, 6.45) is 1.33. The van der Waals surface area contributed by atoms with E-state index in [1.54, 1.807) is 26.4 Å². The third-order valence-electron chi connectivity index (χ3n) is 8.01. The first-order valence-electron chi connectivity index (χ1n) is 15.4. The number of ether oxygens (including phenoxy) is 2. The van der Waals surface area contributed by atoms with Gasteiger partial charge in [0, 0.05) is 27.5 Å². The summed E-state index contributed by atoms with van der Waals surface area (Å²) in [4.78, 5) is 32.2. The number of methoxy groups -OCH3 is 2. The molecule has 6 rings (SSSR count). The SMILES string of the molecule is COc1ccc(CSc2ccc(C(=O)c3[nH]c(Cl)c(Cl)c3-n3cc(Cl)c(Cl)c3C(=O)c3ccc(SCc4ccc(OC)cc4)cc3O)c(O)c2)cc1. The maximum absolute atomic E-state index is 14.0. The highest BCUT2D eigenvalue weighted by atomic mass is 35.5. The summed E-state index contributed by atoms with van der Waals surface area (Å²) in [6.45, 7) is 0. The molecule has 4 aromatic carbocycles. The monoisotopic (exact) mass is 812 g/mol. The van der Waals surface area contributed by atoms with E-state index in [9.17, 15) is 19.8 Å². The number of nitrogens with zero attached hydrogens (tertiary/aromatic N) is 1. The van der Waals surface area contributed by atoms with Gasteiger partial charge in [0.2, 0.25) is 11.6 Å². The maximum atomic E-state index is 14.0. The number of aromatic amines is 1. The van der Waals surface area contributed by atoms with Crippen LogP contribution in [0.2, 0.25) is 20.2 Å². The van der Waals surface area contributed by atoms with Crippen molar-refractivity contribution in [1.82, 2.24) is 9.55 Å². The molecule has 0 unspecified atom stereocenters. The van der Waals surface area contributed by atoms with Crippen molar-refractivity contribution in [3.8, 4) is 28.7 Å². The molecule has 0 saturated carbocycles. The Balaban J connectivity index is 1.26.